The van der Waals surface area contributed by atoms with Gasteiger partial charge in [0.1, 0.15) is 11.2 Å². The molecule has 3 nitrogen and oxygen atoms in total. The third-order valence-electron chi connectivity index (χ3n) is 6.23. The predicted molar refractivity (Wildman–Crippen MR) is 119 cm³/mol. The minimum absolute atomic E-state index is 0.0375. The maximum absolute atomic E-state index is 14.2. The summed E-state index contributed by atoms with van der Waals surface area (Å²) in [6.07, 6.45) is 11.2. The van der Waals surface area contributed by atoms with Gasteiger partial charge in [-0.2, -0.15) is 0 Å². The van der Waals surface area contributed by atoms with Gasteiger partial charge in [0.15, 0.2) is 5.78 Å². The first kappa shape index (κ1) is 23.4. The van der Waals surface area contributed by atoms with Crippen LogP contribution in [-0.2, 0) is 14.3 Å². The second kappa shape index (κ2) is 8.45. The van der Waals surface area contributed by atoms with Gasteiger partial charge < -0.3 is 4.74 Å². The average Bonchev–Trinajstić information content (AvgIpc) is 2.59. The van der Waals surface area contributed by atoms with Crippen molar-refractivity contribution in [3.8, 4) is 0 Å². The molecule has 3 heteroatoms. The second-order valence-corrected chi connectivity index (χ2v) is 10.3. The van der Waals surface area contributed by atoms with Gasteiger partial charge in [0.05, 0.1) is 5.41 Å². The van der Waals surface area contributed by atoms with Gasteiger partial charge in [0.25, 0.3) is 0 Å². The molecule has 0 bridgehead atoms. The van der Waals surface area contributed by atoms with Crippen LogP contribution in [0.25, 0.3) is 0 Å². The van der Waals surface area contributed by atoms with Crippen LogP contribution in [0.1, 0.15) is 87.5 Å². The molecule has 0 aromatic heterocycles. The molecule has 0 aromatic carbocycles. The number of hydrogen-bond donors (Lipinski definition) is 0. The summed E-state index contributed by atoms with van der Waals surface area (Å²) in [4.78, 5) is 27.6. The zero-order valence-electron chi connectivity index (χ0n) is 19.6. The largest absolute Gasteiger partial charge is 0.430 e. The van der Waals surface area contributed by atoms with Gasteiger partial charge in [0.2, 0.25) is 0 Å². The zero-order valence-corrected chi connectivity index (χ0v) is 19.6. The van der Waals surface area contributed by atoms with E-state index in [1.54, 1.807) is 0 Å². The monoisotopic (exact) mass is 398 g/mol. The first-order chi connectivity index (χ1) is 13.3. The summed E-state index contributed by atoms with van der Waals surface area (Å²) in [5, 5.41) is 0. The Hall–Kier alpha value is -1.90. The molecule has 0 aromatic rings. The molecule has 0 amide bonds. The number of carbonyl (C=O) groups is 2. The Morgan fingerprint density at radius 3 is 1.83 bits per heavy atom. The summed E-state index contributed by atoms with van der Waals surface area (Å²) in [5.74, 6) is 0.219. The Morgan fingerprint density at radius 2 is 1.34 bits per heavy atom. The number of fused-ring (bicyclic) bond motifs is 1. The highest BCUT2D eigenvalue weighted by atomic mass is 16.5. The maximum atomic E-state index is 14.2. The molecule has 0 saturated carbocycles. The van der Waals surface area contributed by atoms with Crippen LogP contribution >= 0.6 is 0 Å². The van der Waals surface area contributed by atoms with Crippen LogP contribution in [0.4, 0.5) is 0 Å². The highest BCUT2D eigenvalue weighted by Crippen LogP contribution is 2.56. The van der Waals surface area contributed by atoms with Gasteiger partial charge in [-0.3, -0.25) is 9.59 Å². The minimum atomic E-state index is -1.15. The fourth-order valence-corrected chi connectivity index (χ4v) is 4.19. The molecule has 1 fully saturated rings. The average molecular weight is 399 g/mol. The first-order valence-electron chi connectivity index (χ1n) is 10.8. The van der Waals surface area contributed by atoms with Crippen molar-refractivity contribution in [3.63, 3.8) is 0 Å². The molecule has 1 aliphatic carbocycles. The van der Waals surface area contributed by atoms with Crippen LogP contribution in [0.3, 0.4) is 0 Å². The summed E-state index contributed by atoms with van der Waals surface area (Å²) in [6.45, 7) is 16.4. The lowest BCUT2D eigenvalue weighted by Gasteiger charge is -2.49. The van der Waals surface area contributed by atoms with Crippen LogP contribution in [0.5, 0.6) is 0 Å². The summed E-state index contributed by atoms with van der Waals surface area (Å²) < 4.78 is 6.03. The van der Waals surface area contributed by atoms with Gasteiger partial charge in [-0.15, -0.1) is 0 Å². The number of Topliss-reactive ketones (excluding diaryl/α,β-unsaturated/α-hetero) is 1. The van der Waals surface area contributed by atoms with Crippen molar-refractivity contribution in [1.82, 2.24) is 0 Å². The number of ether oxygens (including phenoxy) is 1. The first-order valence-corrected chi connectivity index (χ1v) is 10.8. The highest BCUT2D eigenvalue weighted by molar-refractivity contribution is 6.10. The molecule has 0 radical (unpaired) electrons. The SMILES string of the molecule is CC(C)=CCC1(CC=C(C)C)C(=O)OC2=CC(C)(C)CCC2(CC=C(C)C)C1=O. The van der Waals surface area contributed by atoms with E-state index in [-0.39, 0.29) is 11.2 Å². The lowest BCUT2D eigenvalue weighted by Crippen LogP contribution is -2.56. The standard InChI is InChI=1S/C26H38O3/c1-18(2)9-12-25-16-15-24(7,8)17-21(25)29-23(28)26(22(25)27,13-10-19(3)4)14-11-20(5)6/h9-11,17H,12-16H2,1-8H3. The van der Waals surface area contributed by atoms with Crippen molar-refractivity contribution >= 4 is 11.8 Å². The van der Waals surface area contributed by atoms with Crippen LogP contribution in [0.15, 0.2) is 46.8 Å². The lowest BCUT2D eigenvalue weighted by atomic mass is 9.57. The number of ketones is 1. The van der Waals surface area contributed by atoms with Crippen molar-refractivity contribution in [2.45, 2.75) is 87.5 Å². The minimum Gasteiger partial charge on any atom is -0.430 e. The van der Waals surface area contributed by atoms with Gasteiger partial charge in [-0.1, -0.05) is 48.8 Å². The van der Waals surface area contributed by atoms with E-state index >= 15 is 0 Å². The third-order valence-corrected chi connectivity index (χ3v) is 6.23. The Kier molecular flexibility index (Phi) is 6.82. The fourth-order valence-electron chi connectivity index (χ4n) is 4.19. The molecule has 1 aliphatic heterocycles. The van der Waals surface area contributed by atoms with E-state index in [0.29, 0.717) is 31.4 Å². The van der Waals surface area contributed by atoms with Crippen molar-refractivity contribution < 1.29 is 14.3 Å². The molecule has 0 spiro atoms. The second-order valence-electron chi connectivity index (χ2n) is 10.3. The van der Waals surface area contributed by atoms with Crippen molar-refractivity contribution in [2.75, 3.05) is 0 Å². The van der Waals surface area contributed by atoms with E-state index < -0.39 is 16.8 Å². The predicted octanol–water partition coefficient (Wildman–Crippen LogP) is 6.86. The molecule has 160 valence electrons. The Labute approximate surface area is 177 Å². The van der Waals surface area contributed by atoms with E-state index in [1.165, 1.54) is 5.57 Å². The van der Waals surface area contributed by atoms with Crippen LogP contribution < -0.4 is 0 Å². The van der Waals surface area contributed by atoms with E-state index in [1.807, 2.05) is 59.8 Å². The maximum Gasteiger partial charge on any atom is 0.325 e. The normalized spacial score (nSPS) is 24.6. The smallest absolute Gasteiger partial charge is 0.325 e. The number of hydrogen-bond acceptors (Lipinski definition) is 3. The number of rotatable bonds is 6. The zero-order chi connectivity index (χ0) is 22.0. The molecule has 1 unspecified atom stereocenters. The molecule has 0 N–H and O–H groups in total. The summed E-state index contributed by atoms with van der Waals surface area (Å²) >= 11 is 0. The topological polar surface area (TPSA) is 43.4 Å². The van der Waals surface area contributed by atoms with Gasteiger partial charge in [-0.05, 0) is 85.1 Å². The quantitative estimate of drug-likeness (QED) is 0.279. The lowest BCUT2D eigenvalue weighted by molar-refractivity contribution is -0.172. The summed E-state index contributed by atoms with van der Waals surface area (Å²) in [6, 6.07) is 0. The van der Waals surface area contributed by atoms with E-state index in [2.05, 4.69) is 19.9 Å². The number of carbonyl (C=O) groups excluding carboxylic acids is 2. The summed E-state index contributed by atoms with van der Waals surface area (Å²) in [5.41, 5.74) is 1.41. The van der Waals surface area contributed by atoms with Crippen molar-refractivity contribution in [3.05, 3.63) is 46.8 Å². The van der Waals surface area contributed by atoms with Crippen LogP contribution in [0.2, 0.25) is 0 Å². The Morgan fingerprint density at radius 1 is 0.862 bits per heavy atom. The van der Waals surface area contributed by atoms with Crippen molar-refractivity contribution in [2.24, 2.45) is 16.2 Å². The molecule has 1 atom stereocenters. The van der Waals surface area contributed by atoms with E-state index in [4.69, 9.17) is 4.74 Å². The van der Waals surface area contributed by atoms with Gasteiger partial charge in [0, 0.05) is 0 Å². The van der Waals surface area contributed by atoms with E-state index in [9.17, 15) is 9.59 Å². The number of esters is 1. The molecular formula is C26H38O3. The molecule has 1 heterocycles. The highest BCUT2D eigenvalue weighted by Gasteiger charge is 2.62. The third kappa shape index (κ3) is 4.82. The molecule has 1 saturated heterocycles. The Balaban J connectivity index is 2.67. The van der Waals surface area contributed by atoms with Gasteiger partial charge >= 0.3 is 5.97 Å². The molecule has 29 heavy (non-hydrogen) atoms. The Bertz CT molecular complexity index is 740. The summed E-state index contributed by atoms with van der Waals surface area (Å²) in [7, 11) is 0. The van der Waals surface area contributed by atoms with Crippen LogP contribution in [0, 0.1) is 16.2 Å². The van der Waals surface area contributed by atoms with E-state index in [0.717, 1.165) is 17.6 Å². The van der Waals surface area contributed by atoms with Gasteiger partial charge in [-0.25, -0.2) is 0 Å². The molecular weight excluding hydrogens is 360 g/mol. The van der Waals surface area contributed by atoms with Crippen LogP contribution in [-0.4, -0.2) is 11.8 Å². The molecule has 2 rings (SSSR count). The fraction of sp³-hybridized carbons (Fsp3) is 0.615. The molecule has 2 aliphatic rings. The number of allylic oxidation sites excluding steroid dienone is 8. The van der Waals surface area contributed by atoms with Crippen molar-refractivity contribution in [1.29, 1.82) is 0 Å².